The Morgan fingerprint density at radius 2 is 1.93 bits per heavy atom. The number of pyridine rings is 1. The van der Waals surface area contributed by atoms with Gasteiger partial charge in [0.15, 0.2) is 11.5 Å². The van der Waals surface area contributed by atoms with Crippen molar-refractivity contribution in [1.82, 2.24) is 20.3 Å². The summed E-state index contributed by atoms with van der Waals surface area (Å²) in [6.45, 7) is 0.409. The Kier molecular flexibility index (Phi) is 5.46. The molecule has 1 aromatic carbocycles. The highest BCUT2D eigenvalue weighted by atomic mass is 19.1. The van der Waals surface area contributed by atoms with Gasteiger partial charge in [-0.15, -0.1) is 0 Å². The predicted octanol–water partition coefficient (Wildman–Crippen LogP) is 2.90. The number of aromatic amines is 1. The van der Waals surface area contributed by atoms with Crippen molar-refractivity contribution >= 4 is 5.91 Å². The van der Waals surface area contributed by atoms with Gasteiger partial charge in [-0.25, -0.2) is 14.4 Å². The normalized spacial score (nSPS) is 16.0. The summed E-state index contributed by atoms with van der Waals surface area (Å²) in [6, 6.07) is 12.2. The van der Waals surface area contributed by atoms with E-state index in [9.17, 15) is 14.0 Å². The molecule has 0 bridgehead atoms. The Labute approximate surface area is 167 Å². The summed E-state index contributed by atoms with van der Waals surface area (Å²) in [5.41, 5.74) is 2.11. The van der Waals surface area contributed by atoms with Gasteiger partial charge in [0.1, 0.15) is 5.82 Å². The molecule has 4 rings (SSSR count). The molecule has 2 aromatic heterocycles. The average Bonchev–Trinajstić information content (AvgIpc) is 2.96. The lowest BCUT2D eigenvalue weighted by Crippen LogP contribution is -2.30. The fourth-order valence-electron chi connectivity index (χ4n) is 3.65. The first-order valence-corrected chi connectivity index (χ1v) is 9.68. The zero-order valence-corrected chi connectivity index (χ0v) is 15.8. The minimum absolute atomic E-state index is 0.103. The number of nitrogens with one attached hydrogen (secondary N) is 2. The molecule has 0 spiro atoms. The third-order valence-electron chi connectivity index (χ3n) is 5.27. The van der Waals surface area contributed by atoms with Crippen molar-refractivity contribution in [3.8, 4) is 11.4 Å². The maximum Gasteiger partial charge on any atom is 0.272 e. The first-order valence-electron chi connectivity index (χ1n) is 9.68. The number of nitrogens with zero attached hydrogens (tertiary/aromatic N) is 2. The van der Waals surface area contributed by atoms with Crippen LogP contribution in [0, 0.1) is 11.7 Å². The number of amides is 1. The van der Waals surface area contributed by atoms with Gasteiger partial charge >= 0.3 is 0 Å². The van der Waals surface area contributed by atoms with Crippen molar-refractivity contribution in [1.29, 1.82) is 0 Å². The van der Waals surface area contributed by atoms with Crippen LogP contribution in [0.4, 0.5) is 4.39 Å². The molecule has 1 unspecified atom stereocenters. The van der Waals surface area contributed by atoms with Crippen molar-refractivity contribution in [2.75, 3.05) is 6.54 Å². The van der Waals surface area contributed by atoms with Gasteiger partial charge in [-0.1, -0.05) is 30.3 Å². The van der Waals surface area contributed by atoms with E-state index in [2.05, 4.69) is 15.3 Å². The minimum atomic E-state index is -0.637. The zero-order valence-electron chi connectivity index (χ0n) is 15.8. The monoisotopic (exact) mass is 392 g/mol. The summed E-state index contributed by atoms with van der Waals surface area (Å²) >= 11 is 0. The number of benzene rings is 1. The van der Waals surface area contributed by atoms with Crippen LogP contribution in [0.5, 0.6) is 0 Å². The maximum atomic E-state index is 13.7. The lowest BCUT2D eigenvalue weighted by molar-refractivity contribution is 0.0936. The zero-order chi connectivity index (χ0) is 20.2. The van der Waals surface area contributed by atoms with Gasteiger partial charge in [-0.3, -0.25) is 9.59 Å². The van der Waals surface area contributed by atoms with E-state index in [1.165, 1.54) is 18.3 Å². The first-order chi connectivity index (χ1) is 14.1. The summed E-state index contributed by atoms with van der Waals surface area (Å²) in [5, 5.41) is 2.77. The molecule has 2 heterocycles. The molecule has 0 aliphatic heterocycles. The summed E-state index contributed by atoms with van der Waals surface area (Å²) in [6.07, 6.45) is 4.21. The number of halogens is 1. The van der Waals surface area contributed by atoms with Crippen molar-refractivity contribution in [2.45, 2.75) is 25.7 Å². The molecule has 0 radical (unpaired) electrons. The lowest BCUT2D eigenvalue weighted by atomic mass is 10.00. The second-order valence-corrected chi connectivity index (χ2v) is 7.19. The molecule has 29 heavy (non-hydrogen) atoms. The van der Waals surface area contributed by atoms with E-state index in [0.29, 0.717) is 30.8 Å². The van der Waals surface area contributed by atoms with E-state index in [0.717, 1.165) is 24.1 Å². The number of H-pyrrole nitrogens is 1. The molecule has 1 aliphatic rings. The number of rotatable bonds is 4. The Morgan fingerprint density at radius 3 is 2.72 bits per heavy atom. The SMILES string of the molecule is O=C(NCC1CCc2nc(-c3ccccc3)[nH]c(=O)c2CC1)c1ncccc1F. The van der Waals surface area contributed by atoms with Crippen LogP contribution < -0.4 is 10.9 Å². The molecule has 148 valence electrons. The number of aryl methyl sites for hydroxylation is 1. The lowest BCUT2D eigenvalue weighted by Gasteiger charge is -2.14. The van der Waals surface area contributed by atoms with Crippen molar-refractivity contribution in [3.05, 3.63) is 81.8 Å². The fraction of sp³-hybridized carbons (Fsp3) is 0.273. The van der Waals surface area contributed by atoms with E-state index in [1.807, 2.05) is 30.3 Å². The van der Waals surface area contributed by atoms with Crippen LogP contribution in [-0.2, 0) is 12.8 Å². The van der Waals surface area contributed by atoms with Crippen LogP contribution in [0.15, 0.2) is 53.5 Å². The number of fused-ring (bicyclic) bond motifs is 1. The van der Waals surface area contributed by atoms with Gasteiger partial charge in [-0.05, 0) is 43.7 Å². The molecule has 2 N–H and O–H groups in total. The number of hydrogen-bond acceptors (Lipinski definition) is 4. The fourth-order valence-corrected chi connectivity index (χ4v) is 3.65. The second-order valence-electron chi connectivity index (χ2n) is 7.19. The number of carbonyl (C=O) groups excluding carboxylic acids is 1. The standard InChI is InChI=1S/C22H21FN4O2/c23-17-7-4-12-24-19(17)22(29)25-13-14-8-10-16-18(11-9-14)26-20(27-21(16)28)15-5-2-1-3-6-15/h1-7,12,14H,8-11,13H2,(H,25,29)(H,26,27,28). The van der Waals surface area contributed by atoms with Crippen LogP contribution in [0.1, 0.15) is 34.6 Å². The quantitative estimate of drug-likeness (QED) is 0.669. The molecule has 6 nitrogen and oxygen atoms in total. The Bertz CT molecular complexity index is 1080. The summed E-state index contributed by atoms with van der Waals surface area (Å²) in [5.74, 6) is -0.402. The topological polar surface area (TPSA) is 87.7 Å². The molecule has 3 aromatic rings. The molecular formula is C22H21FN4O2. The third kappa shape index (κ3) is 4.23. The maximum absolute atomic E-state index is 13.7. The molecule has 1 amide bonds. The van der Waals surface area contributed by atoms with Crippen LogP contribution in [-0.4, -0.2) is 27.4 Å². The third-order valence-corrected chi connectivity index (χ3v) is 5.27. The molecule has 7 heteroatoms. The Balaban J connectivity index is 1.44. The minimum Gasteiger partial charge on any atom is -0.350 e. The van der Waals surface area contributed by atoms with Gasteiger partial charge in [0.05, 0.1) is 5.69 Å². The molecule has 0 fully saturated rings. The largest absolute Gasteiger partial charge is 0.350 e. The average molecular weight is 392 g/mol. The van der Waals surface area contributed by atoms with E-state index < -0.39 is 11.7 Å². The first kappa shape index (κ1) is 19.0. The van der Waals surface area contributed by atoms with E-state index >= 15 is 0 Å². The van der Waals surface area contributed by atoms with Crippen LogP contribution in [0.2, 0.25) is 0 Å². The van der Waals surface area contributed by atoms with E-state index in [-0.39, 0.29) is 17.2 Å². The summed E-state index contributed by atoms with van der Waals surface area (Å²) in [7, 11) is 0. The molecule has 0 saturated carbocycles. The van der Waals surface area contributed by atoms with Crippen LogP contribution in [0.25, 0.3) is 11.4 Å². The number of carbonyl (C=O) groups is 1. The van der Waals surface area contributed by atoms with E-state index in [1.54, 1.807) is 0 Å². The van der Waals surface area contributed by atoms with Gasteiger partial charge in [0, 0.05) is 23.9 Å². The predicted molar refractivity (Wildman–Crippen MR) is 107 cm³/mol. The smallest absolute Gasteiger partial charge is 0.272 e. The molecular weight excluding hydrogens is 371 g/mol. The summed E-state index contributed by atoms with van der Waals surface area (Å²) < 4.78 is 13.7. The number of aromatic nitrogens is 3. The van der Waals surface area contributed by atoms with Crippen molar-refractivity contribution in [2.24, 2.45) is 5.92 Å². The van der Waals surface area contributed by atoms with Crippen molar-refractivity contribution < 1.29 is 9.18 Å². The molecule has 1 aliphatic carbocycles. The highest BCUT2D eigenvalue weighted by molar-refractivity contribution is 5.92. The van der Waals surface area contributed by atoms with Crippen molar-refractivity contribution in [3.63, 3.8) is 0 Å². The Hall–Kier alpha value is -3.35. The highest BCUT2D eigenvalue weighted by Crippen LogP contribution is 2.23. The summed E-state index contributed by atoms with van der Waals surface area (Å²) in [4.78, 5) is 36.2. The Morgan fingerprint density at radius 1 is 1.14 bits per heavy atom. The van der Waals surface area contributed by atoms with E-state index in [4.69, 9.17) is 4.98 Å². The van der Waals surface area contributed by atoms with Crippen LogP contribution >= 0.6 is 0 Å². The van der Waals surface area contributed by atoms with Crippen LogP contribution in [0.3, 0.4) is 0 Å². The van der Waals surface area contributed by atoms with Gasteiger partial charge in [0.2, 0.25) is 0 Å². The van der Waals surface area contributed by atoms with Gasteiger partial charge < -0.3 is 10.3 Å². The van der Waals surface area contributed by atoms with Gasteiger partial charge in [0.25, 0.3) is 11.5 Å². The molecule has 1 atom stereocenters. The number of hydrogen-bond donors (Lipinski definition) is 2. The van der Waals surface area contributed by atoms with Gasteiger partial charge in [-0.2, -0.15) is 0 Å². The highest BCUT2D eigenvalue weighted by Gasteiger charge is 2.22. The molecule has 0 saturated heterocycles. The second kappa shape index (κ2) is 8.34.